The molecule has 0 saturated heterocycles. The van der Waals surface area contributed by atoms with Gasteiger partial charge in [-0.1, -0.05) is 12.1 Å². The predicted molar refractivity (Wildman–Crippen MR) is 124 cm³/mol. The largest absolute Gasteiger partial charge is 0.360 e. The van der Waals surface area contributed by atoms with Crippen LogP contribution in [0.1, 0.15) is 11.4 Å². The Hall–Kier alpha value is -4.46. The number of hydrogen-bond acceptors (Lipinski definition) is 6. The first-order valence-corrected chi connectivity index (χ1v) is 10.4. The van der Waals surface area contributed by atoms with Crippen molar-refractivity contribution in [2.24, 2.45) is 0 Å². The zero-order chi connectivity index (χ0) is 22.6. The zero-order valence-corrected chi connectivity index (χ0v) is 17.5. The van der Waals surface area contributed by atoms with Crippen LogP contribution in [0, 0.1) is 5.82 Å². The topological polar surface area (TPSA) is 85.6 Å². The van der Waals surface area contributed by atoms with Crippen molar-refractivity contribution in [1.82, 2.24) is 24.5 Å². The second-order valence-corrected chi connectivity index (χ2v) is 7.39. The van der Waals surface area contributed by atoms with Gasteiger partial charge >= 0.3 is 0 Å². The molecule has 0 unspecified atom stereocenters. The van der Waals surface area contributed by atoms with E-state index in [1.807, 2.05) is 36.4 Å². The molecule has 4 aromatic heterocycles. The first-order valence-electron chi connectivity index (χ1n) is 10.4. The summed E-state index contributed by atoms with van der Waals surface area (Å²) in [5.41, 5.74) is 3.54. The van der Waals surface area contributed by atoms with Gasteiger partial charge in [-0.15, -0.1) is 0 Å². The molecule has 8 heteroatoms. The molecule has 0 radical (unpaired) electrons. The highest BCUT2D eigenvalue weighted by Gasteiger charge is 2.14. The number of aromatic nitrogens is 5. The summed E-state index contributed by atoms with van der Waals surface area (Å²) in [6.45, 7) is 0.593. The standard InChI is InChI=1S/C25H19FN6O/c26-18-9-7-17(8-10-18)21-11-12-22-24(31-21)32(16-20-6-2-4-14-28-20)25(33)23(30-22)29-15-19-5-1-3-13-27-19/h1-14H,15-16H2,(H,29,30). The van der Waals surface area contributed by atoms with Crippen LogP contribution in [0.5, 0.6) is 0 Å². The first-order chi connectivity index (χ1) is 16.2. The molecular weight excluding hydrogens is 419 g/mol. The Labute approximate surface area is 188 Å². The number of pyridine rings is 3. The second-order valence-electron chi connectivity index (χ2n) is 7.39. The fourth-order valence-electron chi connectivity index (χ4n) is 3.49. The Morgan fingerprint density at radius 1 is 0.818 bits per heavy atom. The highest BCUT2D eigenvalue weighted by Crippen LogP contribution is 2.21. The smallest absolute Gasteiger partial charge is 0.295 e. The maximum absolute atomic E-state index is 13.4. The van der Waals surface area contributed by atoms with Gasteiger partial charge in [-0.05, 0) is 60.7 Å². The summed E-state index contributed by atoms with van der Waals surface area (Å²) in [4.78, 5) is 31.3. The van der Waals surface area contributed by atoms with E-state index in [0.717, 1.165) is 17.0 Å². The maximum atomic E-state index is 13.4. The van der Waals surface area contributed by atoms with E-state index in [9.17, 15) is 9.18 Å². The lowest BCUT2D eigenvalue weighted by molar-refractivity contribution is 0.628. The average molecular weight is 438 g/mol. The van der Waals surface area contributed by atoms with Crippen LogP contribution in [0.25, 0.3) is 22.4 Å². The Morgan fingerprint density at radius 2 is 1.55 bits per heavy atom. The minimum Gasteiger partial charge on any atom is -0.360 e. The van der Waals surface area contributed by atoms with Crippen molar-refractivity contribution in [3.05, 3.63) is 113 Å². The van der Waals surface area contributed by atoms with Crippen LogP contribution < -0.4 is 10.9 Å². The highest BCUT2D eigenvalue weighted by molar-refractivity contribution is 5.76. The van der Waals surface area contributed by atoms with E-state index in [1.165, 1.54) is 12.1 Å². The van der Waals surface area contributed by atoms with Gasteiger partial charge in [-0.2, -0.15) is 0 Å². The van der Waals surface area contributed by atoms with Gasteiger partial charge in [0.2, 0.25) is 0 Å². The minimum atomic E-state index is -0.322. The van der Waals surface area contributed by atoms with Crippen molar-refractivity contribution in [3.63, 3.8) is 0 Å². The summed E-state index contributed by atoms with van der Waals surface area (Å²) in [6, 6.07) is 20.8. The van der Waals surface area contributed by atoms with Gasteiger partial charge in [0.15, 0.2) is 11.5 Å². The molecule has 1 N–H and O–H groups in total. The number of benzene rings is 1. The molecule has 0 saturated carbocycles. The van der Waals surface area contributed by atoms with E-state index in [-0.39, 0.29) is 23.7 Å². The predicted octanol–water partition coefficient (Wildman–Crippen LogP) is 4.05. The SMILES string of the molecule is O=c1c(NCc2ccccn2)nc2ccc(-c3ccc(F)cc3)nc2n1Cc1ccccn1. The van der Waals surface area contributed by atoms with E-state index in [2.05, 4.69) is 20.3 Å². The van der Waals surface area contributed by atoms with Gasteiger partial charge in [-0.3, -0.25) is 19.3 Å². The average Bonchev–Trinajstić information content (AvgIpc) is 2.86. The van der Waals surface area contributed by atoms with Gasteiger partial charge in [0.1, 0.15) is 11.3 Å². The van der Waals surface area contributed by atoms with E-state index in [4.69, 9.17) is 4.98 Å². The summed E-state index contributed by atoms with van der Waals surface area (Å²) in [5.74, 6) is -0.114. The van der Waals surface area contributed by atoms with Crippen molar-refractivity contribution >= 4 is 17.0 Å². The number of rotatable bonds is 6. The van der Waals surface area contributed by atoms with Crippen LogP contribution in [0.15, 0.2) is 90.0 Å². The van der Waals surface area contributed by atoms with E-state index in [0.29, 0.717) is 23.4 Å². The lowest BCUT2D eigenvalue weighted by atomic mass is 10.1. The van der Waals surface area contributed by atoms with Crippen LogP contribution in [-0.2, 0) is 13.1 Å². The Morgan fingerprint density at radius 3 is 2.24 bits per heavy atom. The van der Waals surface area contributed by atoms with Crippen molar-refractivity contribution in [2.75, 3.05) is 5.32 Å². The van der Waals surface area contributed by atoms with E-state index >= 15 is 0 Å². The van der Waals surface area contributed by atoms with Gasteiger partial charge in [-0.25, -0.2) is 14.4 Å². The summed E-state index contributed by atoms with van der Waals surface area (Å²) < 4.78 is 14.9. The number of nitrogens with zero attached hydrogens (tertiary/aromatic N) is 5. The van der Waals surface area contributed by atoms with Crippen molar-refractivity contribution in [1.29, 1.82) is 0 Å². The van der Waals surface area contributed by atoms with E-state index in [1.54, 1.807) is 41.2 Å². The molecule has 0 spiro atoms. The number of nitrogens with one attached hydrogen (secondary N) is 1. The molecule has 5 rings (SSSR count). The number of hydrogen-bond donors (Lipinski definition) is 1. The van der Waals surface area contributed by atoms with Crippen molar-refractivity contribution in [3.8, 4) is 11.3 Å². The third-order valence-corrected chi connectivity index (χ3v) is 5.14. The third kappa shape index (κ3) is 4.45. The fourth-order valence-corrected chi connectivity index (χ4v) is 3.49. The summed E-state index contributed by atoms with van der Waals surface area (Å²) in [7, 11) is 0. The fraction of sp³-hybridized carbons (Fsp3) is 0.0800. The monoisotopic (exact) mass is 438 g/mol. The van der Waals surface area contributed by atoms with Gasteiger partial charge < -0.3 is 5.32 Å². The molecular formula is C25H19FN6O. The van der Waals surface area contributed by atoms with Crippen LogP contribution in [-0.4, -0.2) is 24.5 Å². The van der Waals surface area contributed by atoms with Crippen molar-refractivity contribution < 1.29 is 4.39 Å². The van der Waals surface area contributed by atoms with Crippen LogP contribution in [0.2, 0.25) is 0 Å². The Balaban J connectivity index is 1.60. The third-order valence-electron chi connectivity index (χ3n) is 5.14. The van der Waals surface area contributed by atoms with Gasteiger partial charge in [0.05, 0.1) is 30.2 Å². The molecule has 7 nitrogen and oxygen atoms in total. The van der Waals surface area contributed by atoms with Crippen LogP contribution >= 0.6 is 0 Å². The molecule has 162 valence electrons. The van der Waals surface area contributed by atoms with Crippen LogP contribution in [0.4, 0.5) is 10.2 Å². The molecule has 0 fully saturated rings. The summed E-state index contributed by atoms with van der Waals surface area (Å²) in [6.07, 6.45) is 3.38. The van der Waals surface area contributed by atoms with Gasteiger partial charge in [0, 0.05) is 18.0 Å². The molecule has 33 heavy (non-hydrogen) atoms. The van der Waals surface area contributed by atoms with Crippen molar-refractivity contribution in [2.45, 2.75) is 13.1 Å². The van der Waals surface area contributed by atoms with Gasteiger partial charge in [0.25, 0.3) is 5.56 Å². The molecule has 0 atom stereocenters. The molecule has 5 aromatic rings. The summed E-state index contributed by atoms with van der Waals surface area (Å²) >= 11 is 0. The highest BCUT2D eigenvalue weighted by atomic mass is 19.1. The molecule has 0 aliphatic rings. The lowest BCUT2D eigenvalue weighted by Gasteiger charge is -2.13. The number of halogens is 1. The molecule has 4 heterocycles. The first kappa shape index (κ1) is 20.4. The quantitative estimate of drug-likeness (QED) is 0.431. The van der Waals surface area contributed by atoms with E-state index < -0.39 is 0 Å². The molecule has 1 aromatic carbocycles. The minimum absolute atomic E-state index is 0.209. The second kappa shape index (κ2) is 8.96. The maximum Gasteiger partial charge on any atom is 0.295 e. The Bertz CT molecular complexity index is 1450. The molecule has 0 bridgehead atoms. The molecule has 0 amide bonds. The van der Waals surface area contributed by atoms with Crippen LogP contribution in [0.3, 0.4) is 0 Å². The summed E-state index contributed by atoms with van der Waals surface area (Å²) in [5, 5.41) is 3.10. The normalized spacial score (nSPS) is 10.9. The number of fused-ring (bicyclic) bond motifs is 1. The molecule has 0 aliphatic heterocycles. The lowest BCUT2D eigenvalue weighted by Crippen LogP contribution is -2.27. The molecule has 0 aliphatic carbocycles. The Kier molecular flexibility index (Phi) is 5.55. The zero-order valence-electron chi connectivity index (χ0n) is 17.5. The number of anilines is 1.